The Bertz CT molecular complexity index is 2140. The number of nitrogens with zero attached hydrogens (tertiary/aromatic N) is 1. The Balaban J connectivity index is 0.000000347. The SMILES string of the molecule is CCC(CC)C(=O)/C=C(\O)C(CC)CC.Cc1[c]([Ge]([CH3])([c]2ccccc2)[c]2ccccc2)sc2c(-c3[c-]c4ccccc4c(C(C)(C)C)c3)nccc12.[Ir]. The molecule has 0 aliphatic heterocycles. The van der Waals surface area contributed by atoms with E-state index in [0.717, 1.165) is 42.3 Å². The van der Waals surface area contributed by atoms with Crippen LogP contribution < -0.4 is 12.5 Å². The Hall–Kier alpha value is -3.35. The number of carbonyl (C=O) groups excluding carboxylic acids is 1. The maximum absolute atomic E-state index is 11.7. The summed E-state index contributed by atoms with van der Waals surface area (Å²) in [5, 5.41) is 13.5. The molecule has 0 fully saturated rings. The van der Waals surface area contributed by atoms with Crippen LogP contribution in [0.15, 0.2) is 115 Å². The predicted octanol–water partition coefficient (Wildman–Crippen LogP) is 11.5. The van der Waals surface area contributed by atoms with E-state index in [9.17, 15) is 9.90 Å². The first-order valence-corrected chi connectivity index (χ1v) is 25.3. The van der Waals surface area contributed by atoms with Gasteiger partial charge in [-0.2, -0.15) is 0 Å². The molecule has 0 saturated carbocycles. The molecule has 2 aromatic heterocycles. The zero-order valence-corrected chi connectivity index (χ0v) is 38.7. The smallest absolute Gasteiger partial charge is 0 e. The first-order valence-electron chi connectivity index (χ1n) is 19.3. The molecule has 0 bridgehead atoms. The number of ketones is 1. The first kappa shape index (κ1) is 43.4. The minimum atomic E-state index is -2.92. The third-order valence-corrected chi connectivity index (χ3v) is 23.8. The first-order chi connectivity index (χ1) is 25.4. The Labute approximate surface area is 344 Å². The molecule has 0 amide bonds. The van der Waals surface area contributed by atoms with Crippen molar-refractivity contribution in [3.63, 3.8) is 0 Å². The topological polar surface area (TPSA) is 50.2 Å². The van der Waals surface area contributed by atoms with E-state index in [-0.39, 0.29) is 48.9 Å². The Morgan fingerprint density at radius 1 is 0.815 bits per heavy atom. The van der Waals surface area contributed by atoms with Gasteiger partial charge >= 0.3 is 234 Å². The van der Waals surface area contributed by atoms with Gasteiger partial charge in [-0.25, -0.2) is 0 Å². The van der Waals surface area contributed by atoms with Crippen molar-refractivity contribution in [3.8, 4) is 11.3 Å². The van der Waals surface area contributed by atoms with E-state index in [2.05, 4.69) is 137 Å². The van der Waals surface area contributed by atoms with Gasteiger partial charge in [0, 0.05) is 38.0 Å². The van der Waals surface area contributed by atoms with E-state index >= 15 is 0 Å². The fraction of sp³-hybridized carbons (Fsp3) is 0.333. The van der Waals surface area contributed by atoms with Crippen LogP contribution >= 0.6 is 11.3 Å². The van der Waals surface area contributed by atoms with Gasteiger partial charge in [-0.3, -0.25) is 4.79 Å². The van der Waals surface area contributed by atoms with Gasteiger partial charge in [0.1, 0.15) is 0 Å². The molecule has 54 heavy (non-hydrogen) atoms. The standard InChI is InChI=1S/C35H32GeNS.C13H24O2.Ir/c1-24-29-20-21-37-32(26-22-25-14-12-13-19-30(25)31(23-26)35(2,3)4)33(29)38-34(24)36(5,27-15-8-6-9-16-27)28-17-10-7-11-18-28;1-5-10(6-2)12(14)9-13(15)11(7-3)8-4;/h6-21,23H,1-5H3;9-11,14H,5-8H2,1-4H3;/q-1;;/b;12-9-;. The Kier molecular flexibility index (Phi) is 15.3. The molecule has 1 radical (unpaired) electrons. The van der Waals surface area contributed by atoms with Crippen LogP contribution in [0.2, 0.25) is 5.76 Å². The van der Waals surface area contributed by atoms with Crippen molar-refractivity contribution >= 4 is 63.7 Å². The molecule has 0 saturated heterocycles. The minimum absolute atomic E-state index is 0. The summed E-state index contributed by atoms with van der Waals surface area (Å²) in [4.78, 5) is 16.7. The fourth-order valence-corrected chi connectivity index (χ4v) is 19.2. The number of benzene rings is 4. The normalized spacial score (nSPS) is 12.2. The molecule has 0 unspecified atom stereocenters. The van der Waals surface area contributed by atoms with Crippen molar-refractivity contribution in [1.29, 1.82) is 0 Å². The van der Waals surface area contributed by atoms with E-state index in [1.807, 2.05) is 45.2 Å². The van der Waals surface area contributed by atoms with E-state index < -0.39 is 13.3 Å². The molecule has 2 heterocycles. The zero-order valence-electron chi connectivity index (χ0n) is 33.4. The van der Waals surface area contributed by atoms with Crippen molar-refractivity contribution in [2.24, 2.45) is 11.8 Å². The van der Waals surface area contributed by atoms with Crippen LogP contribution in [0.25, 0.3) is 32.1 Å². The largest absolute Gasteiger partial charge is 0 e. The summed E-state index contributed by atoms with van der Waals surface area (Å²) in [6, 6.07) is 39.3. The van der Waals surface area contributed by atoms with E-state index in [1.165, 1.54) is 41.5 Å². The van der Waals surface area contributed by atoms with Crippen LogP contribution in [0, 0.1) is 24.8 Å². The van der Waals surface area contributed by atoms with Gasteiger partial charge in [0.05, 0.1) is 5.76 Å². The number of allylic oxidation sites excluding steroid dienone is 2. The van der Waals surface area contributed by atoms with Gasteiger partial charge in [0.15, 0.2) is 5.78 Å². The minimum Gasteiger partial charge on any atom is 0 e. The molecular formula is C48H56GeIrNO2S-. The summed E-state index contributed by atoms with van der Waals surface area (Å²) in [6.45, 7) is 17.3. The number of carbonyl (C=O) groups is 1. The second kappa shape index (κ2) is 19.0. The summed E-state index contributed by atoms with van der Waals surface area (Å²) in [5.41, 5.74) is 4.89. The summed E-state index contributed by atoms with van der Waals surface area (Å²) in [7, 11) is 0. The fourth-order valence-electron chi connectivity index (χ4n) is 7.55. The quantitative estimate of drug-likeness (QED) is 0.0609. The van der Waals surface area contributed by atoms with Gasteiger partial charge < -0.3 is 5.11 Å². The molecule has 0 aliphatic carbocycles. The number of aromatic nitrogens is 1. The van der Waals surface area contributed by atoms with Crippen LogP contribution in [-0.4, -0.2) is 29.1 Å². The molecule has 0 atom stereocenters. The maximum atomic E-state index is 11.7. The monoisotopic (exact) mass is 977 g/mol. The van der Waals surface area contributed by atoms with Crippen LogP contribution in [0.1, 0.15) is 85.3 Å². The number of hydrogen-bond acceptors (Lipinski definition) is 4. The van der Waals surface area contributed by atoms with Crippen LogP contribution in [0.5, 0.6) is 0 Å². The van der Waals surface area contributed by atoms with Gasteiger partial charge in [-0.05, 0) is 25.7 Å². The molecule has 4 aromatic carbocycles. The number of thiophene rings is 1. The van der Waals surface area contributed by atoms with Crippen molar-refractivity contribution < 1.29 is 30.0 Å². The van der Waals surface area contributed by atoms with Gasteiger partial charge in [0.2, 0.25) is 0 Å². The number of aryl methyl sites for hydroxylation is 1. The van der Waals surface area contributed by atoms with E-state index in [0.29, 0.717) is 0 Å². The third-order valence-electron chi connectivity index (χ3n) is 10.9. The number of pyridine rings is 1. The van der Waals surface area contributed by atoms with Crippen molar-refractivity contribution in [3.05, 3.63) is 132 Å². The zero-order chi connectivity index (χ0) is 38.3. The third kappa shape index (κ3) is 9.19. The van der Waals surface area contributed by atoms with Crippen LogP contribution in [-0.2, 0) is 30.3 Å². The predicted molar refractivity (Wildman–Crippen MR) is 232 cm³/mol. The Morgan fingerprint density at radius 3 is 1.89 bits per heavy atom. The summed E-state index contributed by atoms with van der Waals surface area (Å²) >= 11 is -0.955. The number of rotatable bonds is 11. The molecule has 6 aromatic rings. The number of aliphatic hydroxyl groups is 1. The average Bonchev–Trinajstić information content (AvgIpc) is 3.52. The van der Waals surface area contributed by atoms with Crippen molar-refractivity contribution in [1.82, 2.24) is 4.98 Å². The molecule has 0 spiro atoms. The van der Waals surface area contributed by atoms with Crippen molar-refractivity contribution in [2.75, 3.05) is 0 Å². The molecular weight excluding hydrogens is 919 g/mol. The summed E-state index contributed by atoms with van der Waals surface area (Å²) < 4.78 is 5.78. The second-order valence-electron chi connectivity index (χ2n) is 15.3. The molecule has 3 nitrogen and oxygen atoms in total. The average molecular weight is 976 g/mol. The van der Waals surface area contributed by atoms with E-state index in [1.54, 1.807) is 3.71 Å². The van der Waals surface area contributed by atoms with Crippen LogP contribution in [0.3, 0.4) is 0 Å². The molecule has 1 N–H and O–H groups in total. The number of fused-ring (bicyclic) bond motifs is 2. The maximum Gasteiger partial charge on any atom is 0 e. The molecule has 6 heteroatoms. The summed E-state index contributed by atoms with van der Waals surface area (Å²) in [6.07, 6.45) is 6.89. The van der Waals surface area contributed by atoms with E-state index in [4.69, 9.17) is 4.98 Å². The van der Waals surface area contributed by atoms with Crippen molar-refractivity contribution in [2.45, 2.75) is 92.2 Å². The van der Waals surface area contributed by atoms with Gasteiger partial charge in [0.25, 0.3) is 0 Å². The van der Waals surface area contributed by atoms with Gasteiger partial charge in [-0.1, -0.05) is 27.7 Å². The number of hydrogen-bond donors (Lipinski definition) is 1. The molecule has 0 aliphatic rings. The second-order valence-corrected chi connectivity index (χ2v) is 25.3. The summed E-state index contributed by atoms with van der Waals surface area (Å²) in [5.74, 6) is 3.10. The Morgan fingerprint density at radius 2 is 1.35 bits per heavy atom. The molecule has 285 valence electrons. The number of aliphatic hydroxyl groups excluding tert-OH is 1. The van der Waals surface area contributed by atoms with Gasteiger partial charge in [-0.15, -0.1) is 0 Å². The van der Waals surface area contributed by atoms with Crippen LogP contribution in [0.4, 0.5) is 0 Å². The molecule has 6 rings (SSSR count).